The minimum atomic E-state index is -0.417. The Morgan fingerprint density at radius 1 is 1.42 bits per heavy atom. The normalized spacial score (nSPS) is 10.5. The molecule has 0 saturated carbocycles. The maximum absolute atomic E-state index is 11.0. The fourth-order valence-corrected chi connectivity index (χ4v) is 1.92. The van der Waals surface area contributed by atoms with Crippen molar-refractivity contribution in [1.82, 2.24) is 15.2 Å². The molecule has 2 aromatic rings. The third kappa shape index (κ3) is 2.54. The summed E-state index contributed by atoms with van der Waals surface area (Å²) in [5, 5.41) is 21.0. The zero-order chi connectivity index (χ0) is 14.0. The van der Waals surface area contributed by atoms with E-state index in [-0.39, 0.29) is 11.5 Å². The molecule has 0 aliphatic carbocycles. The van der Waals surface area contributed by atoms with Crippen LogP contribution in [0.4, 0.5) is 11.5 Å². The van der Waals surface area contributed by atoms with Crippen molar-refractivity contribution in [2.45, 2.75) is 27.3 Å². The first-order valence-corrected chi connectivity index (χ1v) is 5.85. The number of aryl methyl sites for hydroxylation is 3. The summed E-state index contributed by atoms with van der Waals surface area (Å²) in [5.74, 6) is 0.282. The van der Waals surface area contributed by atoms with E-state index in [1.165, 1.54) is 0 Å². The number of hydrogen-bond acceptors (Lipinski definition) is 5. The van der Waals surface area contributed by atoms with Crippen LogP contribution >= 0.6 is 0 Å². The van der Waals surface area contributed by atoms with Gasteiger partial charge in [0.15, 0.2) is 0 Å². The number of aromatic nitrogens is 3. The lowest BCUT2D eigenvalue weighted by molar-refractivity contribution is -0.384. The van der Waals surface area contributed by atoms with Crippen molar-refractivity contribution in [2.24, 2.45) is 0 Å². The average molecular weight is 261 g/mol. The number of H-pyrrole nitrogens is 1. The lowest BCUT2D eigenvalue weighted by Crippen LogP contribution is -2.06. The molecule has 19 heavy (non-hydrogen) atoms. The second-order valence-corrected chi connectivity index (χ2v) is 4.35. The zero-order valence-electron chi connectivity index (χ0n) is 11.0. The van der Waals surface area contributed by atoms with Gasteiger partial charge in [0.05, 0.1) is 10.6 Å². The topological polar surface area (TPSA) is 96.7 Å². The van der Waals surface area contributed by atoms with E-state index in [0.717, 1.165) is 17.0 Å². The van der Waals surface area contributed by atoms with Crippen molar-refractivity contribution in [2.75, 3.05) is 5.32 Å². The summed E-state index contributed by atoms with van der Waals surface area (Å²) in [7, 11) is 0. The summed E-state index contributed by atoms with van der Waals surface area (Å²) in [6.45, 7) is 5.94. The fourth-order valence-electron chi connectivity index (χ4n) is 1.92. The maximum Gasteiger partial charge on any atom is 0.314 e. The van der Waals surface area contributed by atoms with Crippen LogP contribution in [0.5, 0.6) is 0 Å². The molecule has 2 N–H and O–H groups in total. The monoisotopic (exact) mass is 261 g/mol. The highest BCUT2D eigenvalue weighted by Gasteiger charge is 2.18. The van der Waals surface area contributed by atoms with Crippen LogP contribution in [0.1, 0.15) is 22.5 Å². The maximum atomic E-state index is 11.0. The number of pyridine rings is 1. The molecule has 0 spiro atoms. The number of rotatable bonds is 4. The molecule has 0 saturated heterocycles. The summed E-state index contributed by atoms with van der Waals surface area (Å²) < 4.78 is 0. The Balaban J connectivity index is 2.25. The number of anilines is 1. The summed E-state index contributed by atoms with van der Waals surface area (Å²) in [5.41, 5.74) is 3.42. The Morgan fingerprint density at radius 2 is 2.16 bits per heavy atom. The molecule has 7 nitrogen and oxygen atoms in total. The predicted molar refractivity (Wildman–Crippen MR) is 71.0 cm³/mol. The van der Waals surface area contributed by atoms with Crippen molar-refractivity contribution >= 4 is 11.5 Å². The second-order valence-electron chi connectivity index (χ2n) is 4.35. The van der Waals surface area contributed by atoms with Crippen molar-refractivity contribution in [1.29, 1.82) is 0 Å². The van der Waals surface area contributed by atoms with Gasteiger partial charge < -0.3 is 5.32 Å². The fraction of sp³-hybridized carbons (Fsp3) is 0.333. The molecule has 0 aliphatic rings. The average Bonchev–Trinajstić information content (AvgIpc) is 2.66. The SMILES string of the molecule is Cc1ccnc(NCc2c(C)n[nH]c2C)c1[N+](=O)[O-]. The number of nitro groups is 1. The minimum Gasteiger partial charge on any atom is -0.360 e. The van der Waals surface area contributed by atoms with Gasteiger partial charge in [0.2, 0.25) is 5.82 Å². The van der Waals surface area contributed by atoms with Crippen molar-refractivity contribution in [3.8, 4) is 0 Å². The van der Waals surface area contributed by atoms with Gasteiger partial charge in [-0.15, -0.1) is 0 Å². The molecule has 0 amide bonds. The van der Waals surface area contributed by atoms with Crippen LogP contribution in [0.15, 0.2) is 12.3 Å². The molecule has 2 aromatic heterocycles. The molecule has 0 bridgehead atoms. The third-order valence-electron chi connectivity index (χ3n) is 3.02. The van der Waals surface area contributed by atoms with Crippen LogP contribution < -0.4 is 5.32 Å². The van der Waals surface area contributed by atoms with E-state index < -0.39 is 4.92 Å². The van der Waals surface area contributed by atoms with Gasteiger partial charge in [0, 0.05) is 29.6 Å². The number of aromatic amines is 1. The van der Waals surface area contributed by atoms with Crippen LogP contribution in [0.25, 0.3) is 0 Å². The van der Waals surface area contributed by atoms with Gasteiger partial charge in [-0.2, -0.15) is 5.10 Å². The highest BCUT2D eigenvalue weighted by atomic mass is 16.6. The Kier molecular flexibility index (Phi) is 3.46. The predicted octanol–water partition coefficient (Wildman–Crippen LogP) is 2.25. The first-order valence-electron chi connectivity index (χ1n) is 5.85. The standard InChI is InChI=1S/C12H15N5O2/c1-7-4-5-13-12(11(7)17(18)19)14-6-10-8(2)15-16-9(10)3/h4-5H,6H2,1-3H3,(H,13,14)(H,15,16). The van der Waals surface area contributed by atoms with Crippen LogP contribution in [-0.4, -0.2) is 20.1 Å². The van der Waals surface area contributed by atoms with Gasteiger partial charge in [0.25, 0.3) is 0 Å². The van der Waals surface area contributed by atoms with Gasteiger partial charge in [-0.25, -0.2) is 4.98 Å². The molecule has 2 rings (SSSR count). The molecule has 100 valence electrons. The molecule has 0 aromatic carbocycles. The smallest absolute Gasteiger partial charge is 0.314 e. The van der Waals surface area contributed by atoms with Crippen molar-refractivity contribution < 1.29 is 4.92 Å². The highest BCUT2D eigenvalue weighted by molar-refractivity contribution is 5.60. The molecular weight excluding hydrogens is 246 g/mol. The molecule has 0 radical (unpaired) electrons. The van der Waals surface area contributed by atoms with Crippen LogP contribution in [0.3, 0.4) is 0 Å². The largest absolute Gasteiger partial charge is 0.360 e. The lowest BCUT2D eigenvalue weighted by atomic mass is 10.2. The minimum absolute atomic E-state index is 0.0151. The van der Waals surface area contributed by atoms with E-state index in [0.29, 0.717) is 12.1 Å². The third-order valence-corrected chi connectivity index (χ3v) is 3.02. The van der Waals surface area contributed by atoms with Crippen molar-refractivity contribution in [3.05, 3.63) is 44.9 Å². The van der Waals surface area contributed by atoms with Crippen LogP contribution in [-0.2, 0) is 6.54 Å². The Morgan fingerprint density at radius 3 is 2.74 bits per heavy atom. The van der Waals surface area contributed by atoms with Gasteiger partial charge >= 0.3 is 5.69 Å². The molecule has 2 heterocycles. The van der Waals surface area contributed by atoms with Gasteiger partial charge in [-0.3, -0.25) is 15.2 Å². The second kappa shape index (κ2) is 5.05. The molecule has 0 aliphatic heterocycles. The van der Waals surface area contributed by atoms with Crippen LogP contribution in [0, 0.1) is 30.9 Å². The van der Waals surface area contributed by atoms with Crippen molar-refractivity contribution in [3.63, 3.8) is 0 Å². The van der Waals surface area contributed by atoms with E-state index >= 15 is 0 Å². The highest BCUT2D eigenvalue weighted by Crippen LogP contribution is 2.26. The number of nitrogens with one attached hydrogen (secondary N) is 2. The molecular formula is C12H15N5O2. The van der Waals surface area contributed by atoms with Gasteiger partial charge in [-0.05, 0) is 26.8 Å². The summed E-state index contributed by atoms with van der Waals surface area (Å²) in [4.78, 5) is 14.7. The molecule has 0 atom stereocenters. The quantitative estimate of drug-likeness (QED) is 0.650. The Labute approximate surface area is 110 Å². The van der Waals surface area contributed by atoms with E-state index in [1.54, 1.807) is 19.2 Å². The lowest BCUT2D eigenvalue weighted by Gasteiger charge is -2.07. The number of nitrogens with zero attached hydrogens (tertiary/aromatic N) is 3. The summed E-state index contributed by atoms with van der Waals surface area (Å²) in [6, 6.07) is 1.62. The van der Waals surface area contributed by atoms with Crippen LogP contribution in [0.2, 0.25) is 0 Å². The summed E-state index contributed by atoms with van der Waals surface area (Å²) in [6.07, 6.45) is 1.56. The summed E-state index contributed by atoms with van der Waals surface area (Å²) >= 11 is 0. The Bertz CT molecular complexity index is 601. The molecule has 0 unspecified atom stereocenters. The van der Waals surface area contributed by atoms with E-state index in [9.17, 15) is 10.1 Å². The van der Waals surface area contributed by atoms with E-state index in [1.807, 2.05) is 13.8 Å². The first kappa shape index (κ1) is 13.0. The van der Waals surface area contributed by atoms with E-state index in [2.05, 4.69) is 20.5 Å². The first-order chi connectivity index (χ1) is 9.00. The Hall–Kier alpha value is -2.44. The van der Waals surface area contributed by atoms with Gasteiger partial charge in [-0.1, -0.05) is 0 Å². The van der Waals surface area contributed by atoms with E-state index in [4.69, 9.17) is 0 Å². The zero-order valence-corrected chi connectivity index (χ0v) is 11.0. The van der Waals surface area contributed by atoms with Gasteiger partial charge in [0.1, 0.15) is 0 Å². The number of hydrogen-bond donors (Lipinski definition) is 2. The molecule has 0 fully saturated rings. The molecule has 7 heteroatoms.